The van der Waals surface area contributed by atoms with Crippen molar-refractivity contribution < 1.29 is 9.90 Å². The Labute approximate surface area is 118 Å². The van der Waals surface area contributed by atoms with E-state index in [-0.39, 0.29) is 6.42 Å². The van der Waals surface area contributed by atoms with Crippen molar-refractivity contribution in [2.24, 2.45) is 0 Å². The molecule has 0 fully saturated rings. The van der Waals surface area contributed by atoms with Gasteiger partial charge in [-0.2, -0.15) is 0 Å². The van der Waals surface area contributed by atoms with Crippen LogP contribution in [0.2, 0.25) is 0 Å². The Morgan fingerprint density at radius 2 is 1.95 bits per heavy atom. The van der Waals surface area contributed by atoms with Gasteiger partial charge in [0.2, 0.25) is 0 Å². The van der Waals surface area contributed by atoms with Crippen LogP contribution in [0.15, 0.2) is 30.5 Å². The molecule has 104 valence electrons. The van der Waals surface area contributed by atoms with Gasteiger partial charge in [0.05, 0.1) is 5.69 Å². The zero-order valence-corrected chi connectivity index (χ0v) is 11.8. The van der Waals surface area contributed by atoms with Crippen molar-refractivity contribution in [1.29, 1.82) is 0 Å². The lowest BCUT2D eigenvalue weighted by atomic mass is 10.0. The van der Waals surface area contributed by atoms with Gasteiger partial charge in [0.25, 0.3) is 0 Å². The van der Waals surface area contributed by atoms with Crippen LogP contribution in [0.25, 0.3) is 11.3 Å². The summed E-state index contributed by atoms with van der Waals surface area (Å²) in [6, 6.07) is 7.93. The number of hydrogen-bond acceptors (Lipinski definition) is 3. The quantitative estimate of drug-likeness (QED) is 0.907. The molecule has 0 spiro atoms. The van der Waals surface area contributed by atoms with E-state index >= 15 is 0 Å². The molecule has 0 atom stereocenters. The highest BCUT2D eigenvalue weighted by atomic mass is 16.4. The molecule has 0 unspecified atom stereocenters. The average molecular weight is 270 g/mol. The van der Waals surface area contributed by atoms with Gasteiger partial charge in [0.15, 0.2) is 0 Å². The number of rotatable bonds is 5. The van der Waals surface area contributed by atoms with Crippen LogP contribution < -0.4 is 0 Å². The van der Waals surface area contributed by atoms with Crippen molar-refractivity contribution in [2.45, 2.75) is 33.1 Å². The predicted molar refractivity (Wildman–Crippen MR) is 77.5 cm³/mol. The molecule has 4 heteroatoms. The minimum Gasteiger partial charge on any atom is -0.481 e. The molecule has 2 rings (SSSR count). The molecule has 1 heterocycles. The van der Waals surface area contributed by atoms with Crippen molar-refractivity contribution >= 4 is 5.97 Å². The van der Waals surface area contributed by atoms with E-state index in [0.717, 1.165) is 34.6 Å². The SMILES string of the molecule is CCc1cnc(C)nc1-c1ccc(CCC(=O)O)cc1. The maximum Gasteiger partial charge on any atom is 0.303 e. The van der Waals surface area contributed by atoms with Crippen molar-refractivity contribution in [3.05, 3.63) is 47.4 Å². The van der Waals surface area contributed by atoms with E-state index in [1.807, 2.05) is 37.4 Å². The molecule has 20 heavy (non-hydrogen) atoms. The lowest BCUT2D eigenvalue weighted by Gasteiger charge is -2.08. The summed E-state index contributed by atoms with van der Waals surface area (Å²) >= 11 is 0. The monoisotopic (exact) mass is 270 g/mol. The molecule has 2 aromatic rings. The van der Waals surface area contributed by atoms with Crippen LogP contribution in [0.1, 0.15) is 30.3 Å². The van der Waals surface area contributed by atoms with Gasteiger partial charge in [-0.05, 0) is 30.9 Å². The van der Waals surface area contributed by atoms with Crippen LogP contribution >= 0.6 is 0 Å². The Balaban J connectivity index is 2.25. The topological polar surface area (TPSA) is 63.1 Å². The fourth-order valence-electron chi connectivity index (χ4n) is 2.08. The van der Waals surface area contributed by atoms with Gasteiger partial charge >= 0.3 is 5.97 Å². The highest BCUT2D eigenvalue weighted by molar-refractivity contribution is 5.67. The molecule has 1 aromatic heterocycles. The number of nitrogens with zero attached hydrogens (tertiary/aromatic N) is 2. The van der Waals surface area contributed by atoms with E-state index < -0.39 is 5.97 Å². The Kier molecular flexibility index (Phi) is 4.45. The van der Waals surface area contributed by atoms with E-state index in [1.165, 1.54) is 0 Å². The molecule has 0 aliphatic heterocycles. The Morgan fingerprint density at radius 1 is 1.25 bits per heavy atom. The standard InChI is InChI=1S/C16H18N2O2/c1-3-13-10-17-11(2)18-16(13)14-7-4-12(5-8-14)6-9-15(19)20/h4-5,7-8,10H,3,6,9H2,1-2H3,(H,19,20). The number of carboxylic acid groups (broad SMARTS) is 1. The van der Waals surface area contributed by atoms with Gasteiger partial charge in [-0.25, -0.2) is 9.97 Å². The summed E-state index contributed by atoms with van der Waals surface area (Å²) < 4.78 is 0. The average Bonchev–Trinajstić information content (AvgIpc) is 2.45. The lowest BCUT2D eigenvalue weighted by Crippen LogP contribution is -1.99. The first kappa shape index (κ1) is 14.2. The maximum absolute atomic E-state index is 10.6. The first-order valence-electron chi connectivity index (χ1n) is 6.73. The second kappa shape index (κ2) is 6.28. The minimum absolute atomic E-state index is 0.159. The number of benzene rings is 1. The number of aryl methyl sites for hydroxylation is 3. The largest absolute Gasteiger partial charge is 0.481 e. The molecule has 0 amide bonds. The summed E-state index contributed by atoms with van der Waals surface area (Å²) in [6.07, 6.45) is 3.47. The van der Waals surface area contributed by atoms with Crippen molar-refractivity contribution in [1.82, 2.24) is 9.97 Å². The van der Waals surface area contributed by atoms with Gasteiger partial charge < -0.3 is 5.11 Å². The first-order chi connectivity index (χ1) is 9.60. The molecule has 0 aliphatic carbocycles. The highest BCUT2D eigenvalue weighted by Gasteiger charge is 2.07. The number of carboxylic acids is 1. The summed E-state index contributed by atoms with van der Waals surface area (Å²) in [5, 5.41) is 8.69. The van der Waals surface area contributed by atoms with Gasteiger partial charge in [-0.3, -0.25) is 4.79 Å². The molecule has 0 saturated heterocycles. The third-order valence-corrected chi connectivity index (χ3v) is 3.22. The summed E-state index contributed by atoms with van der Waals surface area (Å²) in [6.45, 7) is 3.96. The van der Waals surface area contributed by atoms with Gasteiger partial charge in [-0.1, -0.05) is 31.2 Å². The Bertz CT molecular complexity index is 606. The minimum atomic E-state index is -0.770. The zero-order valence-electron chi connectivity index (χ0n) is 11.8. The smallest absolute Gasteiger partial charge is 0.303 e. The third kappa shape index (κ3) is 3.41. The molecule has 1 aromatic carbocycles. The van der Waals surface area contributed by atoms with E-state index in [4.69, 9.17) is 5.11 Å². The fourth-order valence-corrected chi connectivity index (χ4v) is 2.08. The molecule has 0 aliphatic rings. The fraction of sp³-hybridized carbons (Fsp3) is 0.312. The Hall–Kier alpha value is -2.23. The number of aromatic nitrogens is 2. The lowest BCUT2D eigenvalue weighted by molar-refractivity contribution is -0.136. The van der Waals surface area contributed by atoms with Crippen LogP contribution in [0.4, 0.5) is 0 Å². The highest BCUT2D eigenvalue weighted by Crippen LogP contribution is 2.22. The Morgan fingerprint density at radius 3 is 2.55 bits per heavy atom. The molecule has 0 saturated carbocycles. The van der Waals surface area contributed by atoms with Crippen molar-refractivity contribution in [3.8, 4) is 11.3 Å². The van der Waals surface area contributed by atoms with Gasteiger partial charge in [-0.15, -0.1) is 0 Å². The molecular formula is C16H18N2O2. The van der Waals surface area contributed by atoms with E-state index in [1.54, 1.807) is 0 Å². The summed E-state index contributed by atoms with van der Waals surface area (Å²) in [5.41, 5.74) is 4.16. The summed E-state index contributed by atoms with van der Waals surface area (Å²) in [4.78, 5) is 19.3. The molecule has 0 bridgehead atoms. The third-order valence-electron chi connectivity index (χ3n) is 3.22. The number of aliphatic carboxylic acids is 1. The maximum atomic E-state index is 10.6. The van der Waals surface area contributed by atoms with Gasteiger partial charge in [0.1, 0.15) is 5.82 Å². The second-order valence-corrected chi connectivity index (χ2v) is 4.74. The van der Waals surface area contributed by atoms with Crippen molar-refractivity contribution in [3.63, 3.8) is 0 Å². The van der Waals surface area contributed by atoms with Crippen LogP contribution in [-0.4, -0.2) is 21.0 Å². The predicted octanol–water partition coefficient (Wildman–Crippen LogP) is 3.03. The molecular weight excluding hydrogens is 252 g/mol. The first-order valence-corrected chi connectivity index (χ1v) is 6.73. The van der Waals surface area contributed by atoms with Crippen LogP contribution in [-0.2, 0) is 17.6 Å². The van der Waals surface area contributed by atoms with E-state index in [0.29, 0.717) is 6.42 Å². The van der Waals surface area contributed by atoms with Crippen LogP contribution in [0.3, 0.4) is 0 Å². The van der Waals surface area contributed by atoms with E-state index in [9.17, 15) is 4.79 Å². The molecule has 4 nitrogen and oxygen atoms in total. The second-order valence-electron chi connectivity index (χ2n) is 4.74. The molecule has 0 radical (unpaired) electrons. The zero-order chi connectivity index (χ0) is 14.5. The molecule has 1 N–H and O–H groups in total. The number of hydrogen-bond donors (Lipinski definition) is 1. The van der Waals surface area contributed by atoms with Crippen LogP contribution in [0.5, 0.6) is 0 Å². The summed E-state index contributed by atoms with van der Waals surface area (Å²) in [5.74, 6) is -0.0130. The summed E-state index contributed by atoms with van der Waals surface area (Å²) in [7, 11) is 0. The normalized spacial score (nSPS) is 10.5. The van der Waals surface area contributed by atoms with Gasteiger partial charge in [0, 0.05) is 18.2 Å². The van der Waals surface area contributed by atoms with Crippen LogP contribution in [0, 0.1) is 6.92 Å². The van der Waals surface area contributed by atoms with E-state index in [2.05, 4.69) is 16.9 Å². The number of carbonyl (C=O) groups is 1. The van der Waals surface area contributed by atoms with Crippen molar-refractivity contribution in [2.75, 3.05) is 0 Å².